The smallest absolute Gasteiger partial charge is 0.410 e. The van der Waals surface area contributed by atoms with Crippen LogP contribution in [-0.4, -0.2) is 71.7 Å². The molecule has 138 valence electrons. The Labute approximate surface area is 150 Å². The van der Waals surface area contributed by atoms with Crippen LogP contribution in [0.3, 0.4) is 0 Å². The van der Waals surface area contributed by atoms with Crippen LogP contribution in [0.15, 0.2) is 4.99 Å². The van der Waals surface area contributed by atoms with Gasteiger partial charge in [-0.05, 0) is 39.0 Å². The highest BCUT2D eigenvalue weighted by atomic mass is 32.2. The Hall–Kier alpha value is -1.11. The third-order valence-electron chi connectivity index (χ3n) is 4.58. The van der Waals surface area contributed by atoms with Crippen LogP contribution in [0.25, 0.3) is 0 Å². The summed E-state index contributed by atoms with van der Waals surface area (Å²) in [5.74, 6) is 2.92. The van der Waals surface area contributed by atoms with E-state index in [2.05, 4.69) is 16.8 Å². The lowest BCUT2D eigenvalue weighted by Gasteiger charge is -2.39. The topological polar surface area (TPSA) is 71.2 Å². The highest BCUT2D eigenvalue weighted by Gasteiger charge is 2.33. The second kappa shape index (κ2) is 7.85. The molecular formula is C17H32N4O2S. The minimum Gasteiger partial charge on any atom is -0.444 e. The molecular weight excluding hydrogens is 324 g/mol. The van der Waals surface area contributed by atoms with Crippen LogP contribution in [0.2, 0.25) is 0 Å². The lowest BCUT2D eigenvalue weighted by molar-refractivity contribution is 0.0127. The Bertz CT molecular complexity index is 462. The fourth-order valence-electron chi connectivity index (χ4n) is 2.88. The van der Waals surface area contributed by atoms with Crippen molar-refractivity contribution < 1.29 is 9.53 Å². The first-order valence-corrected chi connectivity index (χ1v) is 9.95. The van der Waals surface area contributed by atoms with Gasteiger partial charge in [0.15, 0.2) is 5.96 Å². The summed E-state index contributed by atoms with van der Waals surface area (Å²) in [4.78, 5) is 20.8. The molecule has 2 saturated heterocycles. The molecule has 0 aromatic rings. The molecule has 7 heteroatoms. The molecule has 0 radical (unpaired) electrons. The van der Waals surface area contributed by atoms with Gasteiger partial charge in [0.2, 0.25) is 0 Å². The lowest BCUT2D eigenvalue weighted by Crippen LogP contribution is -2.46. The van der Waals surface area contributed by atoms with Gasteiger partial charge in [-0.25, -0.2) is 4.79 Å². The molecule has 0 aliphatic carbocycles. The Morgan fingerprint density at radius 1 is 1.17 bits per heavy atom. The van der Waals surface area contributed by atoms with E-state index in [9.17, 15) is 4.79 Å². The number of nitrogens with zero attached hydrogens (tertiary/aromatic N) is 3. The van der Waals surface area contributed by atoms with E-state index in [1.807, 2.05) is 37.4 Å². The maximum absolute atomic E-state index is 12.1. The standard InChI is InChI=1S/C17H32N4O2S/c1-16(2,3)23-15(22)21-7-5-17(4,6-8-21)13-19-14(18)20-9-11-24-12-10-20/h5-13H2,1-4H3,(H2,18,19). The Kier molecular flexibility index (Phi) is 6.28. The molecule has 2 aliphatic rings. The minimum atomic E-state index is -0.441. The molecule has 2 aliphatic heterocycles. The van der Waals surface area contributed by atoms with Crippen molar-refractivity contribution in [1.82, 2.24) is 9.80 Å². The zero-order chi connectivity index (χ0) is 17.8. The number of piperidine rings is 1. The highest BCUT2D eigenvalue weighted by molar-refractivity contribution is 7.99. The molecule has 2 N–H and O–H groups in total. The summed E-state index contributed by atoms with van der Waals surface area (Å²) in [6, 6.07) is 0. The van der Waals surface area contributed by atoms with Crippen molar-refractivity contribution in [3.8, 4) is 0 Å². The zero-order valence-electron chi connectivity index (χ0n) is 15.5. The molecule has 0 aromatic heterocycles. The molecule has 0 unspecified atom stereocenters. The summed E-state index contributed by atoms with van der Waals surface area (Å²) in [7, 11) is 0. The molecule has 1 amide bonds. The molecule has 6 nitrogen and oxygen atoms in total. The van der Waals surface area contributed by atoms with Gasteiger partial charge in [0.1, 0.15) is 5.60 Å². The van der Waals surface area contributed by atoms with Gasteiger partial charge in [-0.15, -0.1) is 0 Å². The molecule has 0 atom stereocenters. The second-order valence-electron chi connectivity index (χ2n) is 8.05. The molecule has 0 spiro atoms. The molecule has 0 bridgehead atoms. The van der Waals surface area contributed by atoms with E-state index in [4.69, 9.17) is 10.5 Å². The quantitative estimate of drug-likeness (QED) is 0.608. The van der Waals surface area contributed by atoms with Crippen molar-refractivity contribution in [3.63, 3.8) is 0 Å². The number of hydrogen-bond acceptors (Lipinski definition) is 4. The predicted octanol–water partition coefficient (Wildman–Crippen LogP) is 2.39. The van der Waals surface area contributed by atoms with Crippen molar-refractivity contribution in [1.29, 1.82) is 0 Å². The maximum Gasteiger partial charge on any atom is 0.410 e. The molecule has 0 aromatic carbocycles. The first kappa shape index (κ1) is 19.2. The number of ether oxygens (including phenoxy) is 1. The largest absolute Gasteiger partial charge is 0.444 e. The van der Waals surface area contributed by atoms with Crippen LogP contribution < -0.4 is 5.73 Å². The molecule has 2 heterocycles. The van der Waals surface area contributed by atoms with Gasteiger partial charge < -0.3 is 20.3 Å². The zero-order valence-corrected chi connectivity index (χ0v) is 16.3. The average molecular weight is 357 g/mol. The van der Waals surface area contributed by atoms with Crippen molar-refractivity contribution in [3.05, 3.63) is 0 Å². The number of guanidine groups is 1. The van der Waals surface area contributed by atoms with E-state index in [-0.39, 0.29) is 11.5 Å². The van der Waals surface area contributed by atoms with Crippen molar-refractivity contribution in [2.24, 2.45) is 16.1 Å². The maximum atomic E-state index is 12.1. The van der Waals surface area contributed by atoms with Gasteiger partial charge in [-0.3, -0.25) is 4.99 Å². The van der Waals surface area contributed by atoms with Crippen LogP contribution in [-0.2, 0) is 4.74 Å². The average Bonchev–Trinajstić information content (AvgIpc) is 2.52. The second-order valence-corrected chi connectivity index (χ2v) is 9.28. The summed E-state index contributed by atoms with van der Waals surface area (Å²) in [6.07, 6.45) is 1.65. The normalized spacial score (nSPS) is 22.4. The Morgan fingerprint density at radius 2 is 1.75 bits per heavy atom. The number of carbonyl (C=O) groups excluding carboxylic acids is 1. The number of amides is 1. The van der Waals surface area contributed by atoms with E-state index >= 15 is 0 Å². The minimum absolute atomic E-state index is 0.105. The number of hydrogen-bond donors (Lipinski definition) is 1. The van der Waals surface area contributed by atoms with Crippen LogP contribution in [0.1, 0.15) is 40.5 Å². The monoisotopic (exact) mass is 356 g/mol. The summed E-state index contributed by atoms with van der Waals surface area (Å²) in [5.41, 5.74) is 5.82. The molecule has 0 saturated carbocycles. The molecule has 2 rings (SSSR count). The van der Waals surface area contributed by atoms with Gasteiger partial charge in [-0.2, -0.15) is 11.8 Å². The first-order valence-electron chi connectivity index (χ1n) is 8.79. The number of aliphatic imine (C=N–C) groups is 1. The summed E-state index contributed by atoms with van der Waals surface area (Å²) in [5, 5.41) is 0. The summed E-state index contributed by atoms with van der Waals surface area (Å²) < 4.78 is 5.45. The number of rotatable bonds is 2. The van der Waals surface area contributed by atoms with Crippen LogP contribution in [0, 0.1) is 5.41 Å². The number of thioether (sulfide) groups is 1. The van der Waals surface area contributed by atoms with Crippen LogP contribution in [0.4, 0.5) is 4.79 Å². The van der Waals surface area contributed by atoms with E-state index in [1.54, 1.807) is 0 Å². The van der Waals surface area contributed by atoms with E-state index < -0.39 is 5.60 Å². The third kappa shape index (κ3) is 5.76. The van der Waals surface area contributed by atoms with Gasteiger partial charge in [0.05, 0.1) is 0 Å². The highest BCUT2D eigenvalue weighted by Crippen LogP contribution is 2.32. The van der Waals surface area contributed by atoms with Crippen LogP contribution >= 0.6 is 11.8 Å². The number of nitrogens with two attached hydrogens (primary N) is 1. The number of likely N-dealkylation sites (tertiary alicyclic amines) is 1. The molecule has 2 fully saturated rings. The van der Waals surface area contributed by atoms with Gasteiger partial charge >= 0.3 is 6.09 Å². The first-order chi connectivity index (χ1) is 11.2. The van der Waals surface area contributed by atoms with E-state index in [1.165, 1.54) is 0 Å². The fraction of sp³-hybridized carbons (Fsp3) is 0.882. The summed E-state index contributed by atoms with van der Waals surface area (Å²) >= 11 is 1.97. The predicted molar refractivity (Wildman–Crippen MR) is 101 cm³/mol. The van der Waals surface area contributed by atoms with Crippen molar-refractivity contribution >= 4 is 23.8 Å². The van der Waals surface area contributed by atoms with Gasteiger partial charge in [0, 0.05) is 44.2 Å². The van der Waals surface area contributed by atoms with Gasteiger partial charge in [-0.1, -0.05) is 6.92 Å². The van der Waals surface area contributed by atoms with Crippen LogP contribution in [0.5, 0.6) is 0 Å². The van der Waals surface area contributed by atoms with Gasteiger partial charge in [0.25, 0.3) is 0 Å². The van der Waals surface area contributed by atoms with Crippen molar-refractivity contribution in [2.75, 3.05) is 44.2 Å². The SMILES string of the molecule is CC1(CN=C(N)N2CCSCC2)CCN(C(=O)OC(C)(C)C)CC1. The summed E-state index contributed by atoms with van der Waals surface area (Å²) in [6.45, 7) is 12.1. The van der Waals surface area contributed by atoms with Crippen molar-refractivity contribution in [2.45, 2.75) is 46.1 Å². The lowest BCUT2D eigenvalue weighted by atomic mass is 9.80. The Morgan fingerprint density at radius 3 is 2.29 bits per heavy atom. The molecule has 24 heavy (non-hydrogen) atoms. The Balaban J connectivity index is 1.82. The fourth-order valence-corrected chi connectivity index (χ4v) is 3.78. The van der Waals surface area contributed by atoms with E-state index in [0.29, 0.717) is 5.96 Å². The van der Waals surface area contributed by atoms with E-state index in [0.717, 1.165) is 57.1 Å². The number of carbonyl (C=O) groups is 1. The third-order valence-corrected chi connectivity index (χ3v) is 5.52.